The third-order valence-corrected chi connectivity index (χ3v) is 3.72. The standard InChI is InChI=1S/C17H18FN3O2/c18-16-4-2-1-3-13(16)11-20-15-9-14(10-19-12-15)17(22)21-5-7-23-8-6-21/h1-4,9-10,12,20H,5-8,11H2. The molecule has 1 aliphatic rings. The first kappa shape index (κ1) is 15.4. The minimum Gasteiger partial charge on any atom is -0.380 e. The SMILES string of the molecule is O=C(c1cncc(NCc2ccccc2F)c1)N1CCOCC1. The summed E-state index contributed by atoms with van der Waals surface area (Å²) in [5.41, 5.74) is 1.77. The third-order valence-electron chi connectivity index (χ3n) is 3.72. The Balaban J connectivity index is 1.67. The molecule has 1 saturated heterocycles. The number of pyridine rings is 1. The Morgan fingerprint density at radius 2 is 2.04 bits per heavy atom. The van der Waals surface area contributed by atoms with Crippen molar-refractivity contribution in [1.82, 2.24) is 9.88 Å². The van der Waals surface area contributed by atoms with E-state index in [4.69, 9.17) is 4.74 Å². The van der Waals surface area contributed by atoms with E-state index in [2.05, 4.69) is 10.3 Å². The van der Waals surface area contributed by atoms with Gasteiger partial charge in [0.25, 0.3) is 5.91 Å². The first-order chi connectivity index (χ1) is 11.2. The van der Waals surface area contributed by atoms with Gasteiger partial charge in [-0.1, -0.05) is 18.2 Å². The number of morpholine rings is 1. The molecule has 1 N–H and O–H groups in total. The van der Waals surface area contributed by atoms with E-state index in [1.54, 1.807) is 41.6 Å². The molecule has 1 amide bonds. The predicted molar refractivity (Wildman–Crippen MR) is 84.7 cm³/mol. The maximum atomic E-state index is 13.6. The van der Waals surface area contributed by atoms with Crippen molar-refractivity contribution >= 4 is 11.6 Å². The number of halogens is 1. The molecule has 0 radical (unpaired) electrons. The number of nitrogens with one attached hydrogen (secondary N) is 1. The zero-order valence-electron chi connectivity index (χ0n) is 12.7. The van der Waals surface area contributed by atoms with E-state index in [9.17, 15) is 9.18 Å². The fraction of sp³-hybridized carbons (Fsp3) is 0.294. The molecule has 2 heterocycles. The number of hydrogen-bond acceptors (Lipinski definition) is 4. The number of rotatable bonds is 4. The van der Waals surface area contributed by atoms with Crippen molar-refractivity contribution in [2.24, 2.45) is 0 Å². The van der Waals surface area contributed by atoms with E-state index in [-0.39, 0.29) is 11.7 Å². The van der Waals surface area contributed by atoms with Gasteiger partial charge in [-0.3, -0.25) is 9.78 Å². The van der Waals surface area contributed by atoms with E-state index < -0.39 is 0 Å². The maximum Gasteiger partial charge on any atom is 0.255 e. The van der Waals surface area contributed by atoms with Crippen LogP contribution in [-0.2, 0) is 11.3 Å². The minimum atomic E-state index is -0.256. The fourth-order valence-corrected chi connectivity index (χ4v) is 2.44. The number of benzene rings is 1. The van der Waals surface area contributed by atoms with Crippen LogP contribution < -0.4 is 5.32 Å². The van der Waals surface area contributed by atoms with Crippen LogP contribution in [-0.4, -0.2) is 42.1 Å². The number of nitrogens with zero attached hydrogens (tertiary/aromatic N) is 2. The van der Waals surface area contributed by atoms with Crippen LogP contribution in [0.1, 0.15) is 15.9 Å². The molecule has 2 aromatic rings. The highest BCUT2D eigenvalue weighted by Gasteiger charge is 2.18. The first-order valence-electron chi connectivity index (χ1n) is 7.53. The van der Waals surface area contributed by atoms with Crippen LogP contribution in [0.15, 0.2) is 42.7 Å². The van der Waals surface area contributed by atoms with Crippen molar-refractivity contribution in [3.05, 3.63) is 59.7 Å². The molecule has 6 heteroatoms. The highest BCUT2D eigenvalue weighted by molar-refractivity contribution is 5.94. The van der Waals surface area contributed by atoms with Gasteiger partial charge in [0.05, 0.1) is 24.5 Å². The molecule has 0 aliphatic carbocycles. The lowest BCUT2D eigenvalue weighted by Gasteiger charge is -2.26. The van der Waals surface area contributed by atoms with Crippen molar-refractivity contribution in [2.75, 3.05) is 31.6 Å². The quantitative estimate of drug-likeness (QED) is 0.941. The van der Waals surface area contributed by atoms with Gasteiger partial charge in [-0.05, 0) is 12.1 Å². The number of carbonyl (C=O) groups is 1. The van der Waals surface area contributed by atoms with E-state index in [1.165, 1.54) is 6.07 Å². The van der Waals surface area contributed by atoms with Gasteiger partial charge in [-0.15, -0.1) is 0 Å². The van der Waals surface area contributed by atoms with Gasteiger partial charge < -0.3 is 15.0 Å². The van der Waals surface area contributed by atoms with Gasteiger partial charge >= 0.3 is 0 Å². The van der Waals surface area contributed by atoms with Gasteiger partial charge in [0, 0.05) is 37.6 Å². The second-order valence-corrected chi connectivity index (χ2v) is 5.31. The number of hydrogen-bond donors (Lipinski definition) is 1. The molecule has 23 heavy (non-hydrogen) atoms. The Hall–Kier alpha value is -2.47. The van der Waals surface area contributed by atoms with Crippen molar-refractivity contribution < 1.29 is 13.9 Å². The fourth-order valence-electron chi connectivity index (χ4n) is 2.44. The first-order valence-corrected chi connectivity index (χ1v) is 7.53. The molecule has 3 rings (SSSR count). The molecule has 120 valence electrons. The molecule has 0 saturated carbocycles. The molecule has 5 nitrogen and oxygen atoms in total. The highest BCUT2D eigenvalue weighted by Crippen LogP contribution is 2.14. The van der Waals surface area contributed by atoms with Gasteiger partial charge in [-0.25, -0.2) is 4.39 Å². The second kappa shape index (κ2) is 7.19. The summed E-state index contributed by atoms with van der Waals surface area (Å²) in [6.07, 6.45) is 3.17. The highest BCUT2D eigenvalue weighted by atomic mass is 19.1. The summed E-state index contributed by atoms with van der Waals surface area (Å²) in [6.45, 7) is 2.63. The van der Waals surface area contributed by atoms with E-state index in [0.29, 0.717) is 49.7 Å². The van der Waals surface area contributed by atoms with Crippen molar-refractivity contribution in [3.8, 4) is 0 Å². The summed E-state index contributed by atoms with van der Waals surface area (Å²) in [5.74, 6) is -0.316. The summed E-state index contributed by atoms with van der Waals surface area (Å²) in [6, 6.07) is 8.33. The zero-order chi connectivity index (χ0) is 16.1. The largest absolute Gasteiger partial charge is 0.380 e. The molecule has 0 bridgehead atoms. The van der Waals surface area contributed by atoms with Crippen molar-refractivity contribution in [1.29, 1.82) is 0 Å². The van der Waals surface area contributed by atoms with E-state index in [1.807, 2.05) is 0 Å². The Kier molecular flexibility index (Phi) is 4.83. The molecular formula is C17H18FN3O2. The lowest BCUT2D eigenvalue weighted by molar-refractivity contribution is 0.0302. The minimum absolute atomic E-state index is 0.0599. The number of anilines is 1. The number of aromatic nitrogens is 1. The Labute approximate surface area is 134 Å². The Morgan fingerprint density at radius 3 is 2.83 bits per heavy atom. The Bertz CT molecular complexity index is 687. The van der Waals surface area contributed by atoms with E-state index in [0.717, 1.165) is 0 Å². The molecule has 1 aromatic heterocycles. The van der Waals surface area contributed by atoms with Gasteiger partial charge in [-0.2, -0.15) is 0 Å². The molecular weight excluding hydrogens is 297 g/mol. The molecule has 1 aliphatic heterocycles. The van der Waals surface area contributed by atoms with E-state index >= 15 is 0 Å². The van der Waals surface area contributed by atoms with Gasteiger partial charge in [0.15, 0.2) is 0 Å². The lowest BCUT2D eigenvalue weighted by atomic mass is 10.2. The van der Waals surface area contributed by atoms with Crippen LogP contribution >= 0.6 is 0 Å². The third kappa shape index (κ3) is 3.84. The van der Waals surface area contributed by atoms with Crippen LogP contribution in [0.4, 0.5) is 10.1 Å². The molecule has 0 atom stereocenters. The normalized spacial score (nSPS) is 14.6. The van der Waals surface area contributed by atoms with Crippen molar-refractivity contribution in [2.45, 2.75) is 6.54 Å². The average molecular weight is 315 g/mol. The van der Waals surface area contributed by atoms with Gasteiger partial charge in [0.2, 0.25) is 0 Å². The zero-order valence-corrected chi connectivity index (χ0v) is 12.7. The van der Waals surface area contributed by atoms with Crippen LogP contribution in [0.3, 0.4) is 0 Å². The lowest BCUT2D eigenvalue weighted by Crippen LogP contribution is -2.40. The molecule has 0 unspecified atom stereocenters. The topological polar surface area (TPSA) is 54.5 Å². The second-order valence-electron chi connectivity index (χ2n) is 5.31. The monoisotopic (exact) mass is 315 g/mol. The Morgan fingerprint density at radius 1 is 1.26 bits per heavy atom. The maximum absolute atomic E-state index is 13.6. The van der Waals surface area contributed by atoms with Crippen LogP contribution in [0.25, 0.3) is 0 Å². The average Bonchev–Trinajstić information content (AvgIpc) is 2.61. The van der Waals surface area contributed by atoms with Crippen LogP contribution in [0.5, 0.6) is 0 Å². The summed E-state index contributed by atoms with van der Waals surface area (Å²) in [7, 11) is 0. The van der Waals surface area contributed by atoms with Crippen molar-refractivity contribution in [3.63, 3.8) is 0 Å². The summed E-state index contributed by atoms with van der Waals surface area (Å²) >= 11 is 0. The molecule has 1 fully saturated rings. The smallest absolute Gasteiger partial charge is 0.255 e. The van der Waals surface area contributed by atoms with Crippen LogP contribution in [0.2, 0.25) is 0 Å². The summed E-state index contributed by atoms with van der Waals surface area (Å²) < 4.78 is 18.9. The number of carbonyl (C=O) groups excluding carboxylic acids is 1. The predicted octanol–water partition coefficient (Wildman–Crippen LogP) is 2.31. The number of amides is 1. The molecule has 1 aromatic carbocycles. The summed E-state index contributed by atoms with van der Waals surface area (Å²) in [4.78, 5) is 18.3. The van der Waals surface area contributed by atoms with Gasteiger partial charge in [0.1, 0.15) is 5.82 Å². The van der Waals surface area contributed by atoms with Crippen LogP contribution in [0, 0.1) is 5.82 Å². The number of ether oxygens (including phenoxy) is 1. The summed E-state index contributed by atoms with van der Waals surface area (Å²) in [5, 5.41) is 3.10. The molecule has 0 spiro atoms.